The van der Waals surface area contributed by atoms with Crippen molar-refractivity contribution in [1.29, 1.82) is 0 Å². The van der Waals surface area contributed by atoms with Gasteiger partial charge in [0.15, 0.2) is 0 Å². The van der Waals surface area contributed by atoms with E-state index in [1.807, 2.05) is 0 Å². The summed E-state index contributed by atoms with van der Waals surface area (Å²) in [6, 6.07) is 30.1. The van der Waals surface area contributed by atoms with Crippen LogP contribution in [0.25, 0.3) is 0 Å². The fraction of sp³-hybridized carbons (Fsp3) is 0.404. The lowest BCUT2D eigenvalue weighted by Gasteiger charge is -2.44. The Hall–Kier alpha value is -5.20. The maximum atomic E-state index is 11.0. The molecule has 2 saturated carbocycles. The Morgan fingerprint density at radius 1 is 0.528 bits per heavy atom. The third kappa shape index (κ3) is 9.82. The molecular weight excluding hydrogens is 657 g/mol. The Kier molecular flexibility index (Phi) is 12.8. The maximum absolute atomic E-state index is 11.0. The summed E-state index contributed by atoms with van der Waals surface area (Å²) in [5.41, 5.74) is 5.96. The molecule has 0 N–H and O–H groups in total. The van der Waals surface area contributed by atoms with Gasteiger partial charge in [0.2, 0.25) is 0 Å². The average molecular weight is 707 g/mol. The molecule has 0 heterocycles. The highest BCUT2D eigenvalue weighted by atomic mass is 16.6. The fourth-order valence-electron chi connectivity index (χ4n) is 8.70. The molecule has 53 heavy (non-hydrogen) atoms. The van der Waals surface area contributed by atoms with Crippen molar-refractivity contribution in [3.8, 4) is 23.7 Å². The van der Waals surface area contributed by atoms with Gasteiger partial charge in [-0.25, -0.2) is 0 Å². The van der Waals surface area contributed by atoms with Gasteiger partial charge in [-0.3, -0.25) is 20.2 Å². The Bertz CT molecular complexity index is 1820. The molecule has 2 aliphatic rings. The average Bonchev–Trinajstić information content (AvgIpc) is 3.20. The van der Waals surface area contributed by atoms with Gasteiger partial charge in [-0.1, -0.05) is 106 Å². The molecule has 0 amide bonds. The molecule has 0 aliphatic heterocycles. The van der Waals surface area contributed by atoms with E-state index in [9.17, 15) is 20.2 Å². The van der Waals surface area contributed by atoms with Gasteiger partial charge < -0.3 is 0 Å². The van der Waals surface area contributed by atoms with Crippen molar-refractivity contribution in [3.63, 3.8) is 0 Å². The third-order valence-electron chi connectivity index (χ3n) is 11.9. The lowest BCUT2D eigenvalue weighted by molar-refractivity contribution is -0.385. The van der Waals surface area contributed by atoms with Crippen LogP contribution in [0.2, 0.25) is 0 Å². The van der Waals surface area contributed by atoms with Crippen molar-refractivity contribution in [2.24, 2.45) is 17.8 Å². The summed E-state index contributed by atoms with van der Waals surface area (Å²) in [6.07, 6.45) is 18.6. The third-order valence-corrected chi connectivity index (χ3v) is 11.9. The van der Waals surface area contributed by atoms with Gasteiger partial charge in [-0.05, 0) is 116 Å². The van der Waals surface area contributed by atoms with Crippen molar-refractivity contribution in [3.05, 3.63) is 151 Å². The first-order valence-corrected chi connectivity index (χ1v) is 19.6. The molecule has 6 rings (SSSR count). The topological polar surface area (TPSA) is 86.3 Å². The van der Waals surface area contributed by atoms with Crippen molar-refractivity contribution < 1.29 is 9.85 Å². The standard InChI is InChI=1S/C47H50N2O4/c1-2-3-4-5-6-7-36-12-22-41(23-13-36)42-32-34-47(35-33-42,43-24-14-37(15-25-43)8-10-39-18-28-45(29-19-39)48(50)51)44-26-16-38(17-27-44)9-11-40-20-30-46(31-21-40)49(52)53/h14-21,24-31,36,41-42H,2-7,12-13,22-23,32-35H2,1H3. The van der Waals surface area contributed by atoms with Crippen LogP contribution in [0.4, 0.5) is 11.4 Å². The zero-order valence-electron chi connectivity index (χ0n) is 30.9. The molecule has 6 nitrogen and oxygen atoms in total. The summed E-state index contributed by atoms with van der Waals surface area (Å²) in [5.74, 6) is 15.4. The second kappa shape index (κ2) is 18.0. The normalized spacial score (nSPS) is 18.2. The Labute approximate surface area is 314 Å². The molecule has 4 aromatic rings. The van der Waals surface area contributed by atoms with Gasteiger partial charge in [-0.15, -0.1) is 0 Å². The predicted molar refractivity (Wildman–Crippen MR) is 213 cm³/mol. The highest BCUT2D eigenvalue weighted by Gasteiger charge is 2.40. The zero-order valence-corrected chi connectivity index (χ0v) is 30.9. The molecule has 2 aliphatic carbocycles. The molecule has 2 fully saturated rings. The number of hydrogen-bond acceptors (Lipinski definition) is 4. The van der Waals surface area contributed by atoms with E-state index in [1.54, 1.807) is 24.3 Å². The first kappa shape index (κ1) is 37.6. The second-order valence-corrected chi connectivity index (χ2v) is 15.2. The molecule has 0 bridgehead atoms. The van der Waals surface area contributed by atoms with Gasteiger partial charge in [0.25, 0.3) is 11.4 Å². The number of non-ortho nitro benzene ring substituents is 2. The minimum absolute atomic E-state index is 0.0605. The van der Waals surface area contributed by atoms with Crippen LogP contribution in [-0.2, 0) is 5.41 Å². The van der Waals surface area contributed by atoms with Crippen LogP contribution in [0, 0.1) is 61.7 Å². The van der Waals surface area contributed by atoms with E-state index in [1.165, 1.54) is 112 Å². The highest BCUT2D eigenvalue weighted by molar-refractivity contribution is 5.50. The molecule has 4 aromatic carbocycles. The van der Waals surface area contributed by atoms with Crippen molar-refractivity contribution in [1.82, 2.24) is 0 Å². The lowest BCUT2D eigenvalue weighted by atomic mass is 9.60. The van der Waals surface area contributed by atoms with Crippen LogP contribution in [0.3, 0.4) is 0 Å². The van der Waals surface area contributed by atoms with E-state index in [-0.39, 0.29) is 16.8 Å². The summed E-state index contributed by atoms with van der Waals surface area (Å²) in [7, 11) is 0. The van der Waals surface area contributed by atoms with E-state index in [0.29, 0.717) is 0 Å². The van der Waals surface area contributed by atoms with Crippen LogP contribution in [-0.4, -0.2) is 9.85 Å². The fourth-order valence-corrected chi connectivity index (χ4v) is 8.70. The number of unbranched alkanes of at least 4 members (excludes halogenated alkanes) is 4. The van der Waals surface area contributed by atoms with Gasteiger partial charge in [0, 0.05) is 51.9 Å². The molecule has 6 heteroatoms. The first-order valence-electron chi connectivity index (χ1n) is 19.6. The summed E-state index contributed by atoms with van der Waals surface area (Å²) < 4.78 is 0. The number of nitro benzene ring substituents is 2. The zero-order chi connectivity index (χ0) is 37.0. The molecule has 0 atom stereocenters. The minimum atomic E-state index is -0.399. The molecule has 272 valence electrons. The smallest absolute Gasteiger partial charge is 0.258 e. The molecular formula is C47H50N2O4. The predicted octanol–water partition coefficient (Wildman–Crippen LogP) is 11.9. The molecule has 0 unspecified atom stereocenters. The second-order valence-electron chi connectivity index (χ2n) is 15.2. The number of nitrogens with zero attached hydrogens (tertiary/aromatic N) is 2. The van der Waals surface area contributed by atoms with Gasteiger partial charge in [-0.2, -0.15) is 0 Å². The van der Waals surface area contributed by atoms with E-state index in [4.69, 9.17) is 0 Å². The molecule has 0 saturated heterocycles. The number of hydrogen-bond donors (Lipinski definition) is 0. The van der Waals surface area contributed by atoms with E-state index in [2.05, 4.69) is 79.1 Å². The molecule has 0 aromatic heterocycles. The van der Waals surface area contributed by atoms with Crippen LogP contribution < -0.4 is 0 Å². The number of rotatable bonds is 11. The van der Waals surface area contributed by atoms with E-state index < -0.39 is 9.85 Å². The lowest BCUT2D eigenvalue weighted by Crippen LogP contribution is -2.36. The van der Waals surface area contributed by atoms with Crippen LogP contribution in [0.5, 0.6) is 0 Å². The number of nitro groups is 2. The van der Waals surface area contributed by atoms with Crippen LogP contribution in [0.1, 0.15) is 130 Å². The maximum Gasteiger partial charge on any atom is 0.269 e. The monoisotopic (exact) mass is 706 g/mol. The molecule has 0 radical (unpaired) electrons. The summed E-state index contributed by atoms with van der Waals surface area (Å²) in [4.78, 5) is 21.2. The Balaban J connectivity index is 1.17. The van der Waals surface area contributed by atoms with E-state index in [0.717, 1.165) is 52.8 Å². The Morgan fingerprint density at radius 2 is 0.906 bits per heavy atom. The van der Waals surface area contributed by atoms with Crippen molar-refractivity contribution in [2.75, 3.05) is 0 Å². The van der Waals surface area contributed by atoms with E-state index >= 15 is 0 Å². The molecule has 0 spiro atoms. The largest absolute Gasteiger partial charge is 0.269 e. The number of benzene rings is 4. The van der Waals surface area contributed by atoms with Crippen LogP contribution >= 0.6 is 0 Å². The summed E-state index contributed by atoms with van der Waals surface area (Å²) in [6.45, 7) is 2.29. The quantitative estimate of drug-likeness (QED) is 0.0672. The van der Waals surface area contributed by atoms with Gasteiger partial charge in [0.05, 0.1) is 9.85 Å². The summed E-state index contributed by atoms with van der Waals surface area (Å²) >= 11 is 0. The SMILES string of the molecule is CCCCCCCC1CCC(C2CCC(c3ccc(C#Cc4ccc([N+](=O)[O-])cc4)cc3)(c3ccc(C#Cc4ccc([N+](=O)[O-])cc4)cc3)CC2)CC1. The van der Waals surface area contributed by atoms with Gasteiger partial charge >= 0.3 is 0 Å². The summed E-state index contributed by atoms with van der Waals surface area (Å²) in [5, 5.41) is 22.0. The van der Waals surface area contributed by atoms with Crippen molar-refractivity contribution >= 4 is 11.4 Å². The van der Waals surface area contributed by atoms with Gasteiger partial charge in [0.1, 0.15) is 0 Å². The minimum Gasteiger partial charge on any atom is -0.258 e. The van der Waals surface area contributed by atoms with Crippen molar-refractivity contribution in [2.45, 2.75) is 102 Å². The highest BCUT2D eigenvalue weighted by Crippen LogP contribution is 2.50. The van der Waals surface area contributed by atoms with Crippen LogP contribution in [0.15, 0.2) is 97.1 Å². The first-order chi connectivity index (χ1) is 25.8. The Morgan fingerprint density at radius 3 is 1.30 bits per heavy atom.